The van der Waals surface area contributed by atoms with Crippen molar-refractivity contribution >= 4 is 17.4 Å². The molecule has 1 heterocycles. The number of hydrogen-bond acceptors (Lipinski definition) is 3. The Morgan fingerprint density at radius 2 is 2.18 bits per heavy atom. The molecule has 17 heavy (non-hydrogen) atoms. The maximum atomic E-state index is 12.9. The molecule has 0 amide bonds. The quantitative estimate of drug-likeness (QED) is 0.888. The van der Waals surface area contributed by atoms with E-state index in [1.54, 1.807) is 0 Å². The first-order valence-corrected chi connectivity index (χ1v) is 7.26. The van der Waals surface area contributed by atoms with Crippen LogP contribution < -0.4 is 10.2 Å². The zero-order valence-electron chi connectivity index (χ0n) is 10.2. The maximum absolute atomic E-state index is 12.9. The molecular weight excluding hydrogens is 235 g/mol. The Bertz CT molecular complexity index is 336. The molecule has 1 aliphatic heterocycles. The Morgan fingerprint density at radius 1 is 1.41 bits per heavy atom. The first-order valence-electron chi connectivity index (χ1n) is 6.11. The maximum Gasteiger partial charge on any atom is 0.123 e. The Kier molecular flexibility index (Phi) is 4.68. The summed E-state index contributed by atoms with van der Waals surface area (Å²) in [5, 5.41) is 3.53. The number of rotatable bonds is 4. The van der Waals surface area contributed by atoms with Crippen LogP contribution in [0.2, 0.25) is 0 Å². The van der Waals surface area contributed by atoms with Gasteiger partial charge in [0.25, 0.3) is 0 Å². The van der Waals surface area contributed by atoms with Gasteiger partial charge >= 0.3 is 0 Å². The fourth-order valence-corrected chi connectivity index (χ4v) is 3.01. The van der Waals surface area contributed by atoms with Crippen molar-refractivity contribution in [1.82, 2.24) is 5.32 Å². The van der Waals surface area contributed by atoms with Crippen LogP contribution >= 0.6 is 11.8 Å². The number of hydrogen-bond donors (Lipinski definition) is 1. The summed E-state index contributed by atoms with van der Waals surface area (Å²) >= 11 is 2.00. The van der Waals surface area contributed by atoms with Crippen LogP contribution in [0.1, 0.15) is 6.92 Å². The van der Waals surface area contributed by atoms with Gasteiger partial charge in [-0.1, -0.05) is 0 Å². The third kappa shape index (κ3) is 3.61. The molecule has 94 valence electrons. The van der Waals surface area contributed by atoms with E-state index in [9.17, 15) is 4.39 Å². The molecular formula is C13H19FN2S. The monoisotopic (exact) mass is 254 g/mol. The topological polar surface area (TPSA) is 15.3 Å². The molecule has 1 aromatic rings. The fraction of sp³-hybridized carbons (Fsp3) is 0.538. The Morgan fingerprint density at radius 3 is 2.76 bits per heavy atom. The molecule has 2 rings (SSSR count). The van der Waals surface area contributed by atoms with E-state index in [0.29, 0.717) is 6.04 Å². The molecule has 0 radical (unpaired) electrons. The lowest BCUT2D eigenvalue weighted by Crippen LogP contribution is -2.46. The summed E-state index contributed by atoms with van der Waals surface area (Å²) in [6.07, 6.45) is 0. The molecule has 0 saturated carbocycles. The average molecular weight is 254 g/mol. The molecule has 0 bridgehead atoms. The third-order valence-electron chi connectivity index (χ3n) is 3.01. The van der Waals surface area contributed by atoms with E-state index in [0.717, 1.165) is 31.1 Å². The summed E-state index contributed by atoms with van der Waals surface area (Å²) < 4.78 is 12.9. The number of likely N-dealkylation sites (N-methyl/N-ethyl adjacent to an activating group) is 1. The molecule has 1 aliphatic rings. The van der Waals surface area contributed by atoms with Gasteiger partial charge in [0.2, 0.25) is 0 Å². The highest BCUT2D eigenvalue weighted by Crippen LogP contribution is 2.17. The number of halogens is 1. The molecule has 1 fully saturated rings. The first-order chi connectivity index (χ1) is 8.29. The summed E-state index contributed by atoms with van der Waals surface area (Å²) in [5.41, 5.74) is 1.10. The predicted molar refractivity (Wildman–Crippen MR) is 73.4 cm³/mol. The number of nitrogens with one attached hydrogen (secondary N) is 1. The molecule has 1 saturated heterocycles. The van der Waals surface area contributed by atoms with Gasteiger partial charge in [0.05, 0.1) is 0 Å². The zero-order chi connectivity index (χ0) is 12.1. The van der Waals surface area contributed by atoms with Gasteiger partial charge in [0.15, 0.2) is 0 Å². The average Bonchev–Trinajstić information content (AvgIpc) is 2.38. The van der Waals surface area contributed by atoms with Crippen LogP contribution in [0, 0.1) is 5.82 Å². The van der Waals surface area contributed by atoms with E-state index in [1.807, 2.05) is 23.9 Å². The lowest BCUT2D eigenvalue weighted by atomic mass is 10.2. The molecule has 0 aromatic heterocycles. The fourth-order valence-electron chi connectivity index (χ4n) is 2.07. The summed E-state index contributed by atoms with van der Waals surface area (Å²) in [7, 11) is 0. The zero-order valence-corrected chi connectivity index (χ0v) is 11.0. The smallest absolute Gasteiger partial charge is 0.123 e. The van der Waals surface area contributed by atoms with Crippen LogP contribution in [-0.2, 0) is 0 Å². The summed E-state index contributed by atoms with van der Waals surface area (Å²) in [6, 6.07) is 7.31. The van der Waals surface area contributed by atoms with Crippen molar-refractivity contribution in [2.45, 2.75) is 13.0 Å². The van der Waals surface area contributed by atoms with Crippen molar-refractivity contribution in [3.8, 4) is 0 Å². The van der Waals surface area contributed by atoms with Gasteiger partial charge in [-0.25, -0.2) is 4.39 Å². The number of benzene rings is 1. The molecule has 2 nitrogen and oxygen atoms in total. The van der Waals surface area contributed by atoms with Gasteiger partial charge in [-0.15, -0.1) is 0 Å². The van der Waals surface area contributed by atoms with Crippen LogP contribution in [0.5, 0.6) is 0 Å². The van der Waals surface area contributed by atoms with E-state index in [2.05, 4.69) is 17.1 Å². The highest BCUT2D eigenvalue weighted by atomic mass is 32.2. The van der Waals surface area contributed by atoms with Gasteiger partial charge < -0.3 is 10.2 Å². The van der Waals surface area contributed by atoms with E-state index in [-0.39, 0.29) is 5.82 Å². The lowest BCUT2D eigenvalue weighted by Gasteiger charge is -2.31. The molecule has 0 aliphatic carbocycles. The Hall–Kier alpha value is -0.740. The summed E-state index contributed by atoms with van der Waals surface area (Å²) in [4.78, 5) is 2.29. The van der Waals surface area contributed by atoms with Crippen molar-refractivity contribution in [3.05, 3.63) is 30.1 Å². The predicted octanol–water partition coefficient (Wildman–Crippen LogP) is 2.36. The molecule has 1 atom stereocenters. The van der Waals surface area contributed by atoms with E-state index in [4.69, 9.17) is 0 Å². The Labute approximate surface area is 107 Å². The minimum atomic E-state index is -0.170. The molecule has 1 N–H and O–H groups in total. The summed E-state index contributed by atoms with van der Waals surface area (Å²) in [5.74, 6) is 2.20. The highest BCUT2D eigenvalue weighted by molar-refractivity contribution is 7.99. The third-order valence-corrected chi connectivity index (χ3v) is 4.14. The second kappa shape index (κ2) is 6.26. The van der Waals surface area contributed by atoms with Crippen LogP contribution in [0.25, 0.3) is 0 Å². The van der Waals surface area contributed by atoms with E-state index < -0.39 is 0 Å². The van der Waals surface area contributed by atoms with Crippen LogP contribution in [0.15, 0.2) is 24.3 Å². The van der Waals surface area contributed by atoms with Gasteiger partial charge in [-0.05, 0) is 31.2 Å². The van der Waals surface area contributed by atoms with Crippen molar-refractivity contribution in [2.75, 3.05) is 36.0 Å². The number of anilines is 1. The highest BCUT2D eigenvalue weighted by Gasteiger charge is 2.16. The van der Waals surface area contributed by atoms with Crippen LogP contribution in [-0.4, -0.2) is 37.2 Å². The minimum absolute atomic E-state index is 0.170. The molecule has 1 aromatic carbocycles. The number of nitrogens with zero attached hydrogens (tertiary/aromatic N) is 1. The van der Waals surface area contributed by atoms with Gasteiger partial charge in [0.1, 0.15) is 5.82 Å². The molecule has 0 spiro atoms. The molecule has 1 unspecified atom stereocenters. The van der Waals surface area contributed by atoms with Crippen molar-refractivity contribution in [1.29, 1.82) is 0 Å². The van der Waals surface area contributed by atoms with Crippen molar-refractivity contribution in [2.24, 2.45) is 0 Å². The van der Waals surface area contributed by atoms with Gasteiger partial charge in [-0.3, -0.25) is 0 Å². The van der Waals surface area contributed by atoms with Crippen molar-refractivity contribution in [3.63, 3.8) is 0 Å². The second-order valence-corrected chi connectivity index (χ2v) is 5.39. The van der Waals surface area contributed by atoms with Gasteiger partial charge in [0, 0.05) is 42.9 Å². The second-order valence-electron chi connectivity index (χ2n) is 4.24. The Balaban J connectivity index is 1.97. The van der Waals surface area contributed by atoms with E-state index in [1.165, 1.54) is 17.9 Å². The largest absolute Gasteiger partial charge is 0.370 e. The lowest BCUT2D eigenvalue weighted by molar-refractivity contribution is 0.553. The minimum Gasteiger partial charge on any atom is -0.370 e. The SMILES string of the molecule is CCN(CC1CSCCN1)c1ccc(F)cc1. The molecule has 4 heteroatoms. The van der Waals surface area contributed by atoms with Crippen molar-refractivity contribution < 1.29 is 4.39 Å². The normalized spacial score (nSPS) is 20.2. The number of thioether (sulfide) groups is 1. The van der Waals surface area contributed by atoms with E-state index >= 15 is 0 Å². The first kappa shape index (κ1) is 12.7. The summed E-state index contributed by atoms with van der Waals surface area (Å²) in [6.45, 7) is 5.18. The van der Waals surface area contributed by atoms with Crippen LogP contribution in [0.3, 0.4) is 0 Å². The van der Waals surface area contributed by atoms with Crippen LogP contribution in [0.4, 0.5) is 10.1 Å². The van der Waals surface area contributed by atoms with Gasteiger partial charge in [-0.2, -0.15) is 11.8 Å². The standard InChI is InChI=1S/C13H19FN2S/c1-2-16(9-12-10-17-8-7-15-12)13-5-3-11(14)4-6-13/h3-6,12,15H,2,7-10H2,1H3.